The normalized spacial score (nSPS) is 10.6. The van der Waals surface area contributed by atoms with Gasteiger partial charge >= 0.3 is 5.97 Å². The number of unbranched alkanes of at least 4 members (excludes halogenated alkanes) is 4. The van der Waals surface area contributed by atoms with Crippen molar-refractivity contribution in [1.82, 2.24) is 5.32 Å². The lowest BCUT2D eigenvalue weighted by atomic mass is 10.1. The number of ether oxygens (including phenoxy) is 1. The van der Waals surface area contributed by atoms with Crippen molar-refractivity contribution in [2.75, 3.05) is 6.54 Å². The Hall–Kier alpha value is -2.13. The Morgan fingerprint density at radius 1 is 0.880 bits per heavy atom. The van der Waals surface area contributed by atoms with Crippen LogP contribution in [-0.2, 0) is 17.9 Å². The molecule has 0 atom stereocenters. The van der Waals surface area contributed by atoms with Gasteiger partial charge in [0.2, 0.25) is 0 Å². The zero-order valence-electron chi connectivity index (χ0n) is 15.2. The first-order chi connectivity index (χ1) is 12.3. The largest absolute Gasteiger partial charge is 0.457 e. The second kappa shape index (κ2) is 11.4. The molecular weight excluding hydrogens is 310 g/mol. The van der Waals surface area contributed by atoms with Gasteiger partial charge in [0.25, 0.3) is 0 Å². The van der Waals surface area contributed by atoms with Crippen LogP contribution in [0, 0.1) is 0 Å². The van der Waals surface area contributed by atoms with E-state index < -0.39 is 0 Å². The number of rotatable bonds is 11. The monoisotopic (exact) mass is 339 g/mol. The predicted octanol–water partition coefficient (Wildman–Crippen LogP) is 5.10. The molecule has 0 heterocycles. The summed E-state index contributed by atoms with van der Waals surface area (Å²) in [4.78, 5) is 12.1. The van der Waals surface area contributed by atoms with E-state index in [1.807, 2.05) is 54.6 Å². The van der Waals surface area contributed by atoms with Gasteiger partial charge in [0.05, 0.1) is 5.56 Å². The van der Waals surface area contributed by atoms with Crippen LogP contribution >= 0.6 is 0 Å². The molecule has 0 aliphatic heterocycles. The highest BCUT2D eigenvalue weighted by molar-refractivity contribution is 5.89. The standard InChI is InChI=1S/C22H29NO2/c1-2-3-4-5-9-16-23-17-19-12-14-21(15-13-19)22(24)25-18-20-10-7-6-8-11-20/h6-8,10-15,23H,2-5,9,16-18H2,1H3. The molecule has 2 aromatic rings. The number of carbonyl (C=O) groups is 1. The number of carbonyl (C=O) groups excluding carboxylic acids is 1. The summed E-state index contributed by atoms with van der Waals surface area (Å²) in [6.07, 6.45) is 6.48. The van der Waals surface area contributed by atoms with E-state index in [0.717, 1.165) is 18.7 Å². The molecule has 0 aliphatic rings. The molecule has 1 N–H and O–H groups in total. The van der Waals surface area contributed by atoms with Crippen molar-refractivity contribution in [3.63, 3.8) is 0 Å². The lowest BCUT2D eigenvalue weighted by Gasteiger charge is -2.07. The third-order valence-electron chi connectivity index (χ3n) is 4.19. The first kappa shape index (κ1) is 19.2. The van der Waals surface area contributed by atoms with Crippen LogP contribution in [0.25, 0.3) is 0 Å². The maximum absolute atomic E-state index is 12.1. The fourth-order valence-electron chi connectivity index (χ4n) is 2.65. The second-order valence-corrected chi connectivity index (χ2v) is 6.35. The highest BCUT2D eigenvalue weighted by Gasteiger charge is 2.07. The average Bonchev–Trinajstić information content (AvgIpc) is 2.67. The van der Waals surface area contributed by atoms with Crippen LogP contribution in [0.4, 0.5) is 0 Å². The molecule has 0 radical (unpaired) electrons. The van der Waals surface area contributed by atoms with Crippen LogP contribution < -0.4 is 5.32 Å². The van der Waals surface area contributed by atoms with Crippen LogP contribution in [0.15, 0.2) is 54.6 Å². The smallest absolute Gasteiger partial charge is 0.338 e. The van der Waals surface area contributed by atoms with Crippen molar-refractivity contribution < 1.29 is 9.53 Å². The molecule has 0 bridgehead atoms. The van der Waals surface area contributed by atoms with E-state index in [9.17, 15) is 4.79 Å². The lowest BCUT2D eigenvalue weighted by molar-refractivity contribution is 0.0472. The van der Waals surface area contributed by atoms with Gasteiger partial charge in [-0.3, -0.25) is 0 Å². The van der Waals surface area contributed by atoms with Gasteiger partial charge in [-0.25, -0.2) is 4.79 Å². The predicted molar refractivity (Wildman–Crippen MR) is 102 cm³/mol. The summed E-state index contributed by atoms with van der Waals surface area (Å²) in [5.74, 6) is -0.278. The van der Waals surface area contributed by atoms with E-state index in [4.69, 9.17) is 4.74 Å². The minimum absolute atomic E-state index is 0.278. The number of esters is 1. The van der Waals surface area contributed by atoms with Crippen LogP contribution in [0.5, 0.6) is 0 Å². The fourth-order valence-corrected chi connectivity index (χ4v) is 2.65. The van der Waals surface area contributed by atoms with Gasteiger partial charge in [0, 0.05) is 6.54 Å². The van der Waals surface area contributed by atoms with Crippen molar-refractivity contribution in [2.45, 2.75) is 52.2 Å². The Morgan fingerprint density at radius 2 is 1.60 bits per heavy atom. The molecule has 3 heteroatoms. The Labute approximate surface area is 151 Å². The summed E-state index contributed by atoms with van der Waals surface area (Å²) >= 11 is 0. The summed E-state index contributed by atoms with van der Waals surface area (Å²) in [5.41, 5.74) is 2.78. The number of hydrogen-bond acceptors (Lipinski definition) is 3. The Balaban J connectivity index is 1.67. The summed E-state index contributed by atoms with van der Waals surface area (Å²) in [6, 6.07) is 17.4. The second-order valence-electron chi connectivity index (χ2n) is 6.35. The third-order valence-corrected chi connectivity index (χ3v) is 4.19. The Bertz CT molecular complexity index is 608. The van der Waals surface area contributed by atoms with Crippen LogP contribution in [0.3, 0.4) is 0 Å². The molecule has 0 saturated carbocycles. The minimum Gasteiger partial charge on any atom is -0.457 e. The molecule has 0 saturated heterocycles. The molecule has 2 aromatic carbocycles. The van der Waals surface area contributed by atoms with Gasteiger partial charge in [-0.2, -0.15) is 0 Å². The van der Waals surface area contributed by atoms with Crippen LogP contribution in [-0.4, -0.2) is 12.5 Å². The van der Waals surface area contributed by atoms with E-state index >= 15 is 0 Å². The van der Waals surface area contributed by atoms with E-state index in [2.05, 4.69) is 12.2 Å². The molecule has 3 nitrogen and oxygen atoms in total. The molecular formula is C22H29NO2. The van der Waals surface area contributed by atoms with E-state index in [0.29, 0.717) is 12.2 Å². The van der Waals surface area contributed by atoms with Gasteiger partial charge in [0.1, 0.15) is 6.61 Å². The van der Waals surface area contributed by atoms with E-state index in [1.54, 1.807) is 0 Å². The Kier molecular flexibility index (Phi) is 8.78. The molecule has 0 fully saturated rings. The number of nitrogens with one attached hydrogen (secondary N) is 1. The fraction of sp³-hybridized carbons (Fsp3) is 0.409. The van der Waals surface area contributed by atoms with Gasteiger partial charge in [-0.05, 0) is 36.2 Å². The molecule has 0 aromatic heterocycles. The third kappa shape index (κ3) is 7.53. The van der Waals surface area contributed by atoms with Gasteiger partial charge < -0.3 is 10.1 Å². The van der Waals surface area contributed by atoms with Crippen LogP contribution in [0.2, 0.25) is 0 Å². The van der Waals surface area contributed by atoms with Crippen molar-refractivity contribution >= 4 is 5.97 Å². The molecule has 0 amide bonds. The van der Waals surface area contributed by atoms with Crippen molar-refractivity contribution in [3.05, 3.63) is 71.3 Å². The maximum atomic E-state index is 12.1. The zero-order valence-corrected chi connectivity index (χ0v) is 15.2. The summed E-state index contributed by atoms with van der Waals surface area (Å²) in [7, 11) is 0. The van der Waals surface area contributed by atoms with Gasteiger partial charge in [-0.1, -0.05) is 75.1 Å². The number of hydrogen-bond donors (Lipinski definition) is 1. The van der Waals surface area contributed by atoms with Crippen LogP contribution in [0.1, 0.15) is 60.5 Å². The van der Waals surface area contributed by atoms with E-state index in [-0.39, 0.29) is 5.97 Å². The van der Waals surface area contributed by atoms with Gasteiger partial charge in [0.15, 0.2) is 0 Å². The lowest BCUT2D eigenvalue weighted by Crippen LogP contribution is -2.14. The Morgan fingerprint density at radius 3 is 2.32 bits per heavy atom. The summed E-state index contributed by atoms with van der Waals surface area (Å²) < 4.78 is 5.34. The van der Waals surface area contributed by atoms with E-state index in [1.165, 1.54) is 37.7 Å². The van der Waals surface area contributed by atoms with Crippen molar-refractivity contribution in [3.8, 4) is 0 Å². The first-order valence-electron chi connectivity index (χ1n) is 9.30. The molecule has 134 valence electrons. The molecule has 0 spiro atoms. The van der Waals surface area contributed by atoms with Gasteiger partial charge in [-0.15, -0.1) is 0 Å². The molecule has 0 unspecified atom stereocenters. The van der Waals surface area contributed by atoms with Crippen molar-refractivity contribution in [2.24, 2.45) is 0 Å². The van der Waals surface area contributed by atoms with Crippen molar-refractivity contribution in [1.29, 1.82) is 0 Å². The maximum Gasteiger partial charge on any atom is 0.338 e. The topological polar surface area (TPSA) is 38.3 Å². The molecule has 25 heavy (non-hydrogen) atoms. The SMILES string of the molecule is CCCCCCCNCc1ccc(C(=O)OCc2ccccc2)cc1. The molecule has 2 rings (SSSR count). The molecule has 0 aliphatic carbocycles. The minimum atomic E-state index is -0.278. The first-order valence-corrected chi connectivity index (χ1v) is 9.30. The zero-order chi connectivity index (χ0) is 17.7. The summed E-state index contributed by atoms with van der Waals surface area (Å²) in [5, 5.41) is 3.46. The highest BCUT2D eigenvalue weighted by Crippen LogP contribution is 2.09. The number of benzene rings is 2. The highest BCUT2D eigenvalue weighted by atomic mass is 16.5. The average molecular weight is 339 g/mol. The quantitative estimate of drug-likeness (QED) is 0.457. The summed E-state index contributed by atoms with van der Waals surface area (Å²) in [6.45, 7) is 4.43.